The van der Waals surface area contributed by atoms with Crippen molar-refractivity contribution in [3.8, 4) is 17.1 Å². The quantitative estimate of drug-likeness (QED) is 0.406. The van der Waals surface area contributed by atoms with Gasteiger partial charge < -0.3 is 23.9 Å². The van der Waals surface area contributed by atoms with Crippen LogP contribution in [-0.2, 0) is 24.3 Å². The third kappa shape index (κ3) is 4.69. The Kier molecular flexibility index (Phi) is 6.43. The maximum absolute atomic E-state index is 14.2. The third-order valence-corrected chi connectivity index (χ3v) is 7.05. The molecule has 0 aliphatic carbocycles. The van der Waals surface area contributed by atoms with Crippen LogP contribution in [0.2, 0.25) is 0 Å². The smallest absolute Gasteiger partial charge is 0.276 e. The summed E-state index contributed by atoms with van der Waals surface area (Å²) in [5.41, 5.74) is 0.833. The van der Waals surface area contributed by atoms with Crippen molar-refractivity contribution in [2.75, 3.05) is 6.61 Å². The first-order chi connectivity index (χ1) is 18.9. The molecule has 1 N–H and O–H groups in total. The van der Waals surface area contributed by atoms with Crippen LogP contribution in [0.15, 0.2) is 59.5 Å². The molecule has 200 valence electrons. The number of halogens is 2. The number of hydrogen-bond acceptors (Lipinski definition) is 6. The van der Waals surface area contributed by atoms with Crippen LogP contribution in [0.1, 0.15) is 40.8 Å². The number of fused-ring (bicyclic) bond motifs is 2. The molecule has 6 rings (SSSR count). The van der Waals surface area contributed by atoms with Crippen LogP contribution in [-0.4, -0.2) is 49.4 Å². The molecule has 39 heavy (non-hydrogen) atoms. The first-order valence-corrected chi connectivity index (χ1v) is 12.6. The van der Waals surface area contributed by atoms with Gasteiger partial charge in [0.1, 0.15) is 24.1 Å². The largest absolute Gasteiger partial charge is 0.483 e. The average Bonchev–Trinajstić information content (AvgIpc) is 3.38. The number of nitrogens with one attached hydrogen (secondary N) is 1. The minimum atomic E-state index is -0.705. The molecule has 11 heteroatoms. The number of H-pyrrole nitrogens is 1. The molecule has 2 aliphatic rings. The molecule has 4 heterocycles. The van der Waals surface area contributed by atoms with Crippen molar-refractivity contribution < 1.29 is 23.0 Å². The molecule has 2 aliphatic heterocycles. The van der Waals surface area contributed by atoms with Crippen molar-refractivity contribution in [1.82, 2.24) is 24.6 Å². The van der Waals surface area contributed by atoms with Crippen LogP contribution < -0.4 is 10.2 Å². The van der Waals surface area contributed by atoms with Gasteiger partial charge >= 0.3 is 0 Å². The molecule has 2 aromatic heterocycles. The molecule has 1 amide bonds. The summed E-state index contributed by atoms with van der Waals surface area (Å²) in [7, 11) is 0. The number of pyridine rings is 1. The number of carbonyl (C=O) groups excluding carboxylic acids is 1. The number of aromatic nitrogens is 4. The summed E-state index contributed by atoms with van der Waals surface area (Å²) in [5, 5.41) is 8.18. The van der Waals surface area contributed by atoms with Crippen molar-refractivity contribution in [3.63, 3.8) is 0 Å². The van der Waals surface area contributed by atoms with Gasteiger partial charge in [0.05, 0.1) is 18.7 Å². The van der Waals surface area contributed by atoms with E-state index in [1.54, 1.807) is 15.7 Å². The minimum absolute atomic E-state index is 0.0179. The van der Waals surface area contributed by atoms with Gasteiger partial charge in [-0.2, -0.15) is 0 Å². The van der Waals surface area contributed by atoms with Crippen molar-refractivity contribution in [2.24, 2.45) is 0 Å². The predicted octanol–water partition coefficient (Wildman–Crippen LogP) is 3.67. The van der Waals surface area contributed by atoms with E-state index in [1.165, 1.54) is 6.07 Å². The van der Waals surface area contributed by atoms with E-state index < -0.39 is 23.3 Å². The Bertz CT molecular complexity index is 1600. The minimum Gasteiger partial charge on any atom is -0.483 e. The molecule has 0 radical (unpaired) electrons. The van der Waals surface area contributed by atoms with Gasteiger partial charge in [0.2, 0.25) is 5.43 Å². The van der Waals surface area contributed by atoms with Crippen LogP contribution in [0.4, 0.5) is 8.78 Å². The van der Waals surface area contributed by atoms with Gasteiger partial charge in [0.25, 0.3) is 5.91 Å². The second kappa shape index (κ2) is 10.1. The van der Waals surface area contributed by atoms with Crippen LogP contribution in [0, 0.1) is 11.6 Å². The molecule has 2 aromatic carbocycles. The zero-order valence-electron chi connectivity index (χ0n) is 21.1. The van der Waals surface area contributed by atoms with Crippen molar-refractivity contribution in [1.29, 1.82) is 0 Å². The van der Waals surface area contributed by atoms with Crippen molar-refractivity contribution in [2.45, 2.75) is 45.2 Å². The lowest BCUT2D eigenvalue weighted by molar-refractivity contribution is -0.112. The molecule has 0 saturated carbocycles. The number of ether oxygens (including phenoxy) is 2. The molecular weight excluding hydrogens is 508 g/mol. The molecule has 0 spiro atoms. The van der Waals surface area contributed by atoms with E-state index in [0.29, 0.717) is 19.6 Å². The molecule has 1 saturated heterocycles. The highest BCUT2D eigenvalue weighted by Gasteiger charge is 2.41. The van der Waals surface area contributed by atoms with E-state index in [4.69, 9.17) is 9.47 Å². The molecule has 2 atom stereocenters. The monoisotopic (exact) mass is 533 g/mol. The van der Waals surface area contributed by atoms with Crippen LogP contribution in [0.3, 0.4) is 0 Å². The average molecular weight is 534 g/mol. The van der Waals surface area contributed by atoms with Crippen LogP contribution >= 0.6 is 0 Å². The SMILES string of the molecule is C[C@@H]1CCO[C@H]2Cn3cc(-c4nnc(Cc5ccc(F)cc5F)[nH]4)c(=O)c(OCc4ccccc4)c3C(=O)N12. The summed E-state index contributed by atoms with van der Waals surface area (Å²) in [6.07, 6.45) is 1.79. The van der Waals surface area contributed by atoms with E-state index in [9.17, 15) is 18.4 Å². The first-order valence-electron chi connectivity index (χ1n) is 12.6. The zero-order valence-corrected chi connectivity index (χ0v) is 21.1. The van der Waals surface area contributed by atoms with Gasteiger partial charge in [-0.3, -0.25) is 9.59 Å². The Hall–Kier alpha value is -4.38. The molecule has 0 unspecified atom stereocenters. The fourth-order valence-electron chi connectivity index (χ4n) is 5.02. The zero-order chi connectivity index (χ0) is 27.1. The number of hydrogen-bond donors (Lipinski definition) is 1. The molecular formula is C28H25F2N5O4. The van der Waals surface area contributed by atoms with Crippen molar-refractivity contribution >= 4 is 5.91 Å². The van der Waals surface area contributed by atoms with Gasteiger partial charge in [-0.25, -0.2) is 8.78 Å². The van der Waals surface area contributed by atoms with E-state index in [0.717, 1.165) is 17.7 Å². The van der Waals surface area contributed by atoms with Crippen LogP contribution in [0.5, 0.6) is 5.75 Å². The van der Waals surface area contributed by atoms with E-state index in [2.05, 4.69) is 15.2 Å². The first kappa shape index (κ1) is 24.9. The lowest BCUT2D eigenvalue weighted by Gasteiger charge is -2.44. The summed E-state index contributed by atoms with van der Waals surface area (Å²) < 4.78 is 41.1. The predicted molar refractivity (Wildman–Crippen MR) is 136 cm³/mol. The number of amides is 1. The van der Waals surface area contributed by atoms with E-state index in [1.807, 2.05) is 37.3 Å². The number of carbonyl (C=O) groups is 1. The maximum Gasteiger partial charge on any atom is 0.276 e. The molecule has 4 aromatic rings. The summed E-state index contributed by atoms with van der Waals surface area (Å²) in [6.45, 7) is 2.88. The Balaban J connectivity index is 1.40. The highest BCUT2D eigenvalue weighted by atomic mass is 19.1. The van der Waals surface area contributed by atoms with Gasteiger partial charge in [0.15, 0.2) is 23.5 Å². The highest BCUT2D eigenvalue weighted by molar-refractivity contribution is 5.96. The van der Waals surface area contributed by atoms with Gasteiger partial charge in [-0.05, 0) is 30.5 Å². The Morgan fingerprint density at radius 1 is 1.13 bits per heavy atom. The topological polar surface area (TPSA) is 102 Å². The van der Waals surface area contributed by atoms with Crippen molar-refractivity contribution in [3.05, 3.63) is 99.2 Å². The van der Waals surface area contributed by atoms with Crippen LogP contribution in [0.25, 0.3) is 11.4 Å². The Morgan fingerprint density at radius 2 is 1.95 bits per heavy atom. The summed E-state index contributed by atoms with van der Waals surface area (Å²) in [4.78, 5) is 32.1. The number of rotatable bonds is 6. The normalized spacial score (nSPS) is 18.5. The van der Waals surface area contributed by atoms with E-state index in [-0.39, 0.29) is 59.2 Å². The summed E-state index contributed by atoms with van der Waals surface area (Å²) in [6, 6.07) is 12.6. The molecule has 0 bridgehead atoms. The molecule has 9 nitrogen and oxygen atoms in total. The number of nitrogens with zero attached hydrogens (tertiary/aromatic N) is 4. The standard InChI is InChI=1S/C28H25F2N5O4/c1-16-9-10-38-23-14-34-13-20(27-31-22(32-33-27)11-18-7-8-19(29)12-21(18)30)25(36)26(24(34)28(37)35(16)23)39-15-17-5-3-2-4-6-17/h2-8,12-13,16,23H,9-11,14-15H2,1H3,(H,31,32,33)/t16-,23+/m1/s1. The Labute approximate surface area is 222 Å². The lowest BCUT2D eigenvalue weighted by Crippen LogP contribution is -2.57. The van der Waals surface area contributed by atoms with Gasteiger partial charge in [-0.15, -0.1) is 10.2 Å². The number of benzene rings is 2. The fraction of sp³-hybridized carbons (Fsp3) is 0.286. The number of aromatic amines is 1. The Morgan fingerprint density at radius 3 is 2.74 bits per heavy atom. The highest BCUT2D eigenvalue weighted by Crippen LogP contribution is 2.31. The third-order valence-electron chi connectivity index (χ3n) is 7.05. The van der Waals surface area contributed by atoms with Gasteiger partial charge in [-0.1, -0.05) is 36.4 Å². The van der Waals surface area contributed by atoms with E-state index >= 15 is 0 Å². The summed E-state index contributed by atoms with van der Waals surface area (Å²) in [5.74, 6) is -1.37. The summed E-state index contributed by atoms with van der Waals surface area (Å²) >= 11 is 0. The fourth-order valence-corrected chi connectivity index (χ4v) is 5.02. The lowest BCUT2D eigenvalue weighted by atomic mass is 10.1. The second-order valence-corrected chi connectivity index (χ2v) is 9.68. The van der Waals surface area contributed by atoms with Gasteiger partial charge in [0, 0.05) is 24.7 Å². The molecule has 1 fully saturated rings. The second-order valence-electron chi connectivity index (χ2n) is 9.68. The maximum atomic E-state index is 14.2.